The average molecular weight is 495 g/mol. The van der Waals surface area contributed by atoms with E-state index in [0.717, 1.165) is 60.9 Å². The maximum absolute atomic E-state index is 11.8. The number of nitrogens with one attached hydrogen (secondary N) is 1. The summed E-state index contributed by atoms with van der Waals surface area (Å²) in [5.41, 5.74) is 4.93. The first kappa shape index (κ1) is 25.6. The van der Waals surface area contributed by atoms with Gasteiger partial charge in [0.15, 0.2) is 0 Å². The lowest BCUT2D eigenvalue weighted by molar-refractivity contribution is -0.127. The quantitative estimate of drug-likeness (QED) is 0.348. The number of nitrogens with zero attached hydrogens (tertiary/aromatic N) is 5. The van der Waals surface area contributed by atoms with Crippen LogP contribution in [0.5, 0.6) is 11.6 Å². The zero-order valence-electron chi connectivity index (χ0n) is 21.1. The van der Waals surface area contributed by atoms with Crippen molar-refractivity contribution < 1.29 is 9.53 Å². The number of allylic oxidation sites excluding steroid dienone is 1. The van der Waals surface area contributed by atoms with E-state index in [1.807, 2.05) is 49.1 Å². The Bertz CT molecular complexity index is 1310. The Morgan fingerprint density at radius 2 is 1.84 bits per heavy atom. The minimum atomic E-state index is -0.000576. The van der Waals surface area contributed by atoms with Crippen molar-refractivity contribution in [2.75, 3.05) is 31.5 Å². The molecule has 8 nitrogen and oxygen atoms in total. The van der Waals surface area contributed by atoms with Gasteiger partial charge in [0.05, 0.1) is 6.07 Å². The fraction of sp³-hybridized carbons (Fsp3) is 0.241. The monoisotopic (exact) mass is 494 g/mol. The summed E-state index contributed by atoms with van der Waals surface area (Å²) >= 11 is 0. The molecule has 0 unspecified atom stereocenters. The molecule has 1 aliphatic rings. The molecule has 0 bridgehead atoms. The molecule has 0 atom stereocenters. The number of carbonyl (C=O) groups is 1. The van der Waals surface area contributed by atoms with Gasteiger partial charge in [-0.25, -0.2) is 4.98 Å². The summed E-state index contributed by atoms with van der Waals surface area (Å²) < 4.78 is 6.10. The summed E-state index contributed by atoms with van der Waals surface area (Å²) in [6, 6.07) is 15.9. The van der Waals surface area contributed by atoms with Gasteiger partial charge in [-0.15, -0.1) is 0 Å². The number of anilines is 2. The SMILES string of the molecule is C=CC(=O)N1CCN(Cc2ccc(Nc3nccc(Oc4c(C)cc(/C=C/C#N)cc4C)n3)cc2)CC1. The van der Waals surface area contributed by atoms with Crippen LogP contribution in [0.15, 0.2) is 67.4 Å². The number of carbonyl (C=O) groups excluding carboxylic acids is 1. The normalized spacial score (nSPS) is 13.8. The third-order valence-corrected chi connectivity index (χ3v) is 6.14. The first-order chi connectivity index (χ1) is 17.9. The number of nitriles is 1. The van der Waals surface area contributed by atoms with Crippen LogP contribution in [-0.2, 0) is 11.3 Å². The van der Waals surface area contributed by atoms with Crippen LogP contribution in [0.1, 0.15) is 22.3 Å². The Kier molecular flexibility index (Phi) is 8.29. The first-order valence-electron chi connectivity index (χ1n) is 12.1. The van der Waals surface area contributed by atoms with Crippen LogP contribution in [0.2, 0.25) is 0 Å². The number of aryl methyl sites for hydroxylation is 2. The standard InChI is InChI=1S/C29H30N6O2/c1-4-27(36)35-16-14-34(15-17-35)20-23-7-9-25(10-8-23)32-29-31-13-11-26(33-29)37-28-21(2)18-24(6-5-12-30)19-22(28)3/h4-11,13,18-19H,1,14-17,20H2,2-3H3,(H,31,32,33)/b6-5+. The molecule has 8 heteroatoms. The molecule has 0 spiro atoms. The molecule has 37 heavy (non-hydrogen) atoms. The molecule has 0 aliphatic carbocycles. The lowest BCUT2D eigenvalue weighted by Crippen LogP contribution is -2.47. The maximum Gasteiger partial charge on any atom is 0.246 e. The Morgan fingerprint density at radius 1 is 1.14 bits per heavy atom. The number of hydrogen-bond donors (Lipinski definition) is 1. The van der Waals surface area contributed by atoms with Gasteiger partial charge in [-0.2, -0.15) is 10.2 Å². The van der Waals surface area contributed by atoms with Crippen molar-refractivity contribution in [3.05, 3.63) is 89.6 Å². The molecule has 1 aliphatic heterocycles. The van der Waals surface area contributed by atoms with Crippen molar-refractivity contribution in [2.24, 2.45) is 0 Å². The second kappa shape index (κ2) is 12.0. The van der Waals surface area contributed by atoms with Gasteiger partial charge in [0.1, 0.15) is 5.75 Å². The van der Waals surface area contributed by atoms with Gasteiger partial charge >= 0.3 is 0 Å². The van der Waals surface area contributed by atoms with E-state index in [9.17, 15) is 4.79 Å². The lowest BCUT2D eigenvalue weighted by Gasteiger charge is -2.34. The van der Waals surface area contributed by atoms with E-state index in [1.165, 1.54) is 17.7 Å². The van der Waals surface area contributed by atoms with E-state index >= 15 is 0 Å². The molecule has 188 valence electrons. The van der Waals surface area contributed by atoms with Crippen LogP contribution in [0.25, 0.3) is 6.08 Å². The summed E-state index contributed by atoms with van der Waals surface area (Å²) in [6.45, 7) is 11.5. The molecule has 3 aromatic rings. The van der Waals surface area contributed by atoms with E-state index in [4.69, 9.17) is 10.00 Å². The highest BCUT2D eigenvalue weighted by Gasteiger charge is 2.19. The summed E-state index contributed by atoms with van der Waals surface area (Å²) in [5, 5.41) is 12.0. The zero-order chi connectivity index (χ0) is 26.2. The highest BCUT2D eigenvalue weighted by atomic mass is 16.5. The van der Waals surface area contributed by atoms with E-state index in [0.29, 0.717) is 11.8 Å². The lowest BCUT2D eigenvalue weighted by atomic mass is 10.1. The average Bonchev–Trinajstić information content (AvgIpc) is 2.91. The van der Waals surface area contributed by atoms with Gasteiger partial charge in [-0.1, -0.05) is 18.7 Å². The molecule has 1 saturated heterocycles. The largest absolute Gasteiger partial charge is 0.438 e. The molecular weight excluding hydrogens is 464 g/mol. The molecule has 4 rings (SSSR count). The molecule has 1 N–H and O–H groups in total. The van der Waals surface area contributed by atoms with Crippen molar-refractivity contribution in [2.45, 2.75) is 20.4 Å². The first-order valence-corrected chi connectivity index (χ1v) is 12.1. The Labute approximate surface area is 217 Å². The molecule has 2 aromatic carbocycles. The number of benzene rings is 2. The Hall–Kier alpha value is -4.48. The fourth-order valence-electron chi connectivity index (χ4n) is 4.27. The van der Waals surface area contributed by atoms with Crippen LogP contribution >= 0.6 is 0 Å². The van der Waals surface area contributed by atoms with Gasteiger partial charge in [-0.05, 0) is 72.5 Å². The number of amides is 1. The van der Waals surface area contributed by atoms with Crippen molar-refractivity contribution in [3.8, 4) is 17.7 Å². The Balaban J connectivity index is 1.36. The number of piperazine rings is 1. The fourth-order valence-corrected chi connectivity index (χ4v) is 4.27. The molecule has 1 fully saturated rings. The zero-order valence-corrected chi connectivity index (χ0v) is 21.1. The molecular formula is C29H30N6O2. The number of aromatic nitrogens is 2. The van der Waals surface area contributed by atoms with Crippen LogP contribution in [0, 0.1) is 25.2 Å². The second-order valence-corrected chi connectivity index (χ2v) is 8.89. The number of ether oxygens (including phenoxy) is 1. The van der Waals surface area contributed by atoms with Gasteiger partial charge in [-0.3, -0.25) is 9.69 Å². The van der Waals surface area contributed by atoms with Crippen molar-refractivity contribution in [1.82, 2.24) is 19.8 Å². The minimum Gasteiger partial charge on any atom is -0.438 e. The highest BCUT2D eigenvalue weighted by molar-refractivity contribution is 5.87. The molecule has 0 radical (unpaired) electrons. The molecule has 0 saturated carbocycles. The second-order valence-electron chi connectivity index (χ2n) is 8.89. The van der Waals surface area contributed by atoms with E-state index in [-0.39, 0.29) is 5.91 Å². The van der Waals surface area contributed by atoms with Gasteiger partial charge in [0, 0.05) is 56.8 Å². The predicted octanol–water partition coefficient (Wildman–Crippen LogP) is 5.00. The van der Waals surface area contributed by atoms with Crippen LogP contribution in [0.3, 0.4) is 0 Å². The minimum absolute atomic E-state index is 0.000576. The summed E-state index contributed by atoms with van der Waals surface area (Å²) in [5.74, 6) is 1.61. The molecule has 1 aromatic heterocycles. The van der Waals surface area contributed by atoms with E-state index in [1.54, 1.807) is 18.3 Å². The smallest absolute Gasteiger partial charge is 0.246 e. The van der Waals surface area contributed by atoms with Gasteiger partial charge < -0.3 is 15.0 Å². The topological polar surface area (TPSA) is 94.4 Å². The van der Waals surface area contributed by atoms with Gasteiger partial charge in [0.2, 0.25) is 17.7 Å². The van der Waals surface area contributed by atoms with Crippen LogP contribution in [0.4, 0.5) is 11.6 Å². The Morgan fingerprint density at radius 3 is 2.49 bits per heavy atom. The van der Waals surface area contributed by atoms with Crippen LogP contribution < -0.4 is 10.1 Å². The molecule has 1 amide bonds. The highest BCUT2D eigenvalue weighted by Crippen LogP contribution is 2.30. The summed E-state index contributed by atoms with van der Waals surface area (Å²) in [7, 11) is 0. The molecule has 2 heterocycles. The summed E-state index contributed by atoms with van der Waals surface area (Å²) in [6.07, 6.45) is 6.26. The third-order valence-electron chi connectivity index (χ3n) is 6.14. The van der Waals surface area contributed by atoms with Gasteiger partial charge in [0.25, 0.3) is 0 Å². The van der Waals surface area contributed by atoms with Crippen molar-refractivity contribution in [3.63, 3.8) is 0 Å². The maximum atomic E-state index is 11.8. The number of hydrogen-bond acceptors (Lipinski definition) is 7. The van der Waals surface area contributed by atoms with Crippen molar-refractivity contribution >= 4 is 23.6 Å². The van der Waals surface area contributed by atoms with E-state index < -0.39 is 0 Å². The third kappa shape index (κ3) is 6.81. The number of rotatable bonds is 8. The van der Waals surface area contributed by atoms with E-state index in [2.05, 4.69) is 38.9 Å². The predicted molar refractivity (Wildman–Crippen MR) is 144 cm³/mol. The summed E-state index contributed by atoms with van der Waals surface area (Å²) in [4.78, 5) is 24.8. The van der Waals surface area contributed by atoms with Crippen molar-refractivity contribution in [1.29, 1.82) is 5.26 Å². The van der Waals surface area contributed by atoms with Crippen LogP contribution in [-0.4, -0.2) is 51.9 Å².